The summed E-state index contributed by atoms with van der Waals surface area (Å²) < 4.78 is 26.5. The highest BCUT2D eigenvalue weighted by molar-refractivity contribution is 5.82. The van der Waals surface area contributed by atoms with E-state index >= 15 is 0 Å². The maximum absolute atomic E-state index is 14.9. The molecule has 1 aliphatic rings. The van der Waals surface area contributed by atoms with Crippen LogP contribution in [0.2, 0.25) is 0 Å². The molecule has 0 saturated carbocycles. The predicted molar refractivity (Wildman–Crippen MR) is 110 cm³/mol. The molecule has 0 atom stereocenters. The Kier molecular flexibility index (Phi) is 6.49. The third-order valence-electron chi connectivity index (χ3n) is 4.47. The van der Waals surface area contributed by atoms with E-state index in [0.717, 1.165) is 17.2 Å². The standard InChI is InChI=1S/C23H27FO4/c1-7-16(19(24)9-8-14(2)10-22(25)26)18-11-17-15(3)13-23(4,5)28-21(17)12-20(18)27-6/h8-13H,7H2,1-6H3,(H,25,26)/b9-8+,14-10+,19-16+. The van der Waals surface area contributed by atoms with Crippen LogP contribution in [-0.2, 0) is 4.79 Å². The first-order valence-electron chi connectivity index (χ1n) is 9.17. The van der Waals surface area contributed by atoms with Crippen molar-refractivity contribution in [2.24, 2.45) is 0 Å². The highest BCUT2D eigenvalue weighted by Gasteiger charge is 2.27. The number of halogens is 1. The number of methoxy groups -OCH3 is 1. The van der Waals surface area contributed by atoms with Crippen LogP contribution in [0, 0.1) is 0 Å². The van der Waals surface area contributed by atoms with Gasteiger partial charge < -0.3 is 14.6 Å². The van der Waals surface area contributed by atoms with Crippen LogP contribution in [0.1, 0.15) is 52.2 Å². The minimum Gasteiger partial charge on any atom is -0.496 e. The van der Waals surface area contributed by atoms with E-state index in [1.165, 1.54) is 12.2 Å². The Morgan fingerprint density at radius 1 is 1.32 bits per heavy atom. The lowest BCUT2D eigenvalue weighted by molar-refractivity contribution is -0.131. The Balaban J connectivity index is 2.57. The van der Waals surface area contributed by atoms with Gasteiger partial charge in [0.1, 0.15) is 22.9 Å². The van der Waals surface area contributed by atoms with Crippen molar-refractivity contribution in [3.8, 4) is 11.5 Å². The maximum atomic E-state index is 14.9. The third-order valence-corrected chi connectivity index (χ3v) is 4.47. The van der Waals surface area contributed by atoms with Gasteiger partial charge in [-0.15, -0.1) is 0 Å². The zero-order chi connectivity index (χ0) is 21.1. The van der Waals surface area contributed by atoms with Gasteiger partial charge in [0.2, 0.25) is 0 Å². The Morgan fingerprint density at radius 3 is 2.57 bits per heavy atom. The molecule has 0 spiro atoms. The number of ether oxygens (including phenoxy) is 2. The number of hydrogen-bond acceptors (Lipinski definition) is 3. The number of hydrogen-bond donors (Lipinski definition) is 1. The summed E-state index contributed by atoms with van der Waals surface area (Å²) in [5.41, 5.74) is 3.12. The Labute approximate surface area is 165 Å². The monoisotopic (exact) mass is 386 g/mol. The van der Waals surface area contributed by atoms with Crippen molar-refractivity contribution >= 4 is 17.1 Å². The number of benzene rings is 1. The maximum Gasteiger partial charge on any atom is 0.328 e. The van der Waals surface area contributed by atoms with Gasteiger partial charge in [-0.3, -0.25) is 0 Å². The van der Waals surface area contributed by atoms with Gasteiger partial charge in [0, 0.05) is 23.3 Å². The van der Waals surface area contributed by atoms with Gasteiger partial charge in [-0.05, 0) is 69.1 Å². The first-order chi connectivity index (χ1) is 13.1. The number of carboxylic acid groups (broad SMARTS) is 1. The van der Waals surface area contributed by atoms with E-state index in [1.54, 1.807) is 20.1 Å². The average molecular weight is 386 g/mol. The molecule has 1 aromatic carbocycles. The molecule has 0 radical (unpaired) electrons. The van der Waals surface area contributed by atoms with E-state index < -0.39 is 17.4 Å². The average Bonchev–Trinajstić information content (AvgIpc) is 2.59. The van der Waals surface area contributed by atoms with E-state index in [9.17, 15) is 9.18 Å². The molecule has 0 amide bonds. The van der Waals surface area contributed by atoms with Crippen LogP contribution in [0.25, 0.3) is 11.1 Å². The normalized spacial score (nSPS) is 16.8. The van der Waals surface area contributed by atoms with Crippen LogP contribution in [-0.4, -0.2) is 23.8 Å². The van der Waals surface area contributed by atoms with Gasteiger partial charge in [0.25, 0.3) is 0 Å². The first kappa shape index (κ1) is 21.5. The van der Waals surface area contributed by atoms with Crippen LogP contribution >= 0.6 is 0 Å². The summed E-state index contributed by atoms with van der Waals surface area (Å²) in [5.74, 6) is -0.263. The lowest BCUT2D eigenvalue weighted by Crippen LogP contribution is -2.28. The number of carbonyl (C=O) groups is 1. The first-order valence-corrected chi connectivity index (χ1v) is 9.17. The minimum absolute atomic E-state index is 0.422. The van der Waals surface area contributed by atoms with E-state index in [2.05, 4.69) is 0 Å². The molecule has 0 aliphatic carbocycles. The number of carboxylic acids is 1. The van der Waals surface area contributed by atoms with Crippen LogP contribution in [0.3, 0.4) is 0 Å². The molecular formula is C23H27FO4. The van der Waals surface area contributed by atoms with Gasteiger partial charge in [-0.1, -0.05) is 13.0 Å². The minimum atomic E-state index is -1.07. The molecular weight excluding hydrogens is 359 g/mol. The summed E-state index contributed by atoms with van der Waals surface area (Å²) in [6.07, 6.45) is 6.25. The van der Waals surface area contributed by atoms with Crippen LogP contribution in [0.4, 0.5) is 4.39 Å². The molecule has 1 aliphatic heterocycles. The molecule has 0 saturated heterocycles. The van der Waals surface area contributed by atoms with Crippen LogP contribution in [0.5, 0.6) is 11.5 Å². The van der Waals surface area contributed by atoms with Gasteiger partial charge in [0.05, 0.1) is 7.11 Å². The molecule has 28 heavy (non-hydrogen) atoms. The Morgan fingerprint density at radius 2 is 2.00 bits per heavy atom. The van der Waals surface area contributed by atoms with Crippen molar-refractivity contribution in [1.82, 2.24) is 0 Å². The van der Waals surface area contributed by atoms with Crippen LogP contribution in [0.15, 0.2) is 47.8 Å². The molecule has 0 fully saturated rings. The molecule has 0 aromatic heterocycles. The fraction of sp³-hybridized carbons (Fsp3) is 0.348. The molecule has 150 valence electrons. The molecule has 1 aromatic rings. The van der Waals surface area contributed by atoms with Crippen molar-refractivity contribution in [3.63, 3.8) is 0 Å². The lowest BCUT2D eigenvalue weighted by Gasteiger charge is -2.31. The molecule has 1 heterocycles. The Hall–Kier alpha value is -2.82. The van der Waals surface area contributed by atoms with Crippen molar-refractivity contribution in [3.05, 3.63) is 59.0 Å². The number of fused-ring (bicyclic) bond motifs is 1. The second kappa shape index (κ2) is 8.46. The SMILES string of the molecule is CC/C(=C(F)/C=C/C(C)=C/C(=O)O)c1cc2c(cc1OC)OC(C)(C)C=C2C. The van der Waals surface area contributed by atoms with Crippen molar-refractivity contribution in [2.45, 2.75) is 46.6 Å². The second-order valence-electron chi connectivity index (χ2n) is 7.32. The fourth-order valence-electron chi connectivity index (χ4n) is 3.31. The van der Waals surface area contributed by atoms with Crippen molar-refractivity contribution < 1.29 is 23.8 Å². The summed E-state index contributed by atoms with van der Waals surface area (Å²) in [5, 5.41) is 8.78. The van der Waals surface area contributed by atoms with E-state index in [-0.39, 0.29) is 0 Å². The molecule has 0 bridgehead atoms. The molecule has 2 rings (SSSR count). The summed E-state index contributed by atoms with van der Waals surface area (Å²) in [7, 11) is 1.54. The largest absolute Gasteiger partial charge is 0.496 e. The van der Waals surface area contributed by atoms with E-state index in [4.69, 9.17) is 14.6 Å². The van der Waals surface area contributed by atoms with Crippen molar-refractivity contribution in [1.29, 1.82) is 0 Å². The second-order valence-corrected chi connectivity index (χ2v) is 7.32. The molecule has 1 N–H and O–H groups in total. The van der Waals surface area contributed by atoms with Gasteiger partial charge in [-0.2, -0.15) is 0 Å². The fourth-order valence-corrected chi connectivity index (χ4v) is 3.31. The lowest BCUT2D eigenvalue weighted by atomic mass is 9.91. The summed E-state index contributed by atoms with van der Waals surface area (Å²) in [6, 6.07) is 3.69. The van der Waals surface area contributed by atoms with Crippen molar-refractivity contribution in [2.75, 3.05) is 7.11 Å². The molecule has 5 heteroatoms. The molecule has 4 nitrogen and oxygen atoms in total. The van der Waals surface area contributed by atoms with Gasteiger partial charge in [0.15, 0.2) is 0 Å². The van der Waals surface area contributed by atoms with Crippen LogP contribution < -0.4 is 9.47 Å². The molecule has 0 unspecified atom stereocenters. The number of rotatable bonds is 6. The Bertz CT molecular complexity index is 901. The van der Waals surface area contributed by atoms with Gasteiger partial charge >= 0.3 is 5.97 Å². The summed E-state index contributed by atoms with van der Waals surface area (Å²) in [6.45, 7) is 9.44. The quantitative estimate of drug-likeness (QED) is 0.485. The number of aliphatic carboxylic acids is 1. The third kappa shape index (κ3) is 4.91. The summed E-state index contributed by atoms with van der Waals surface area (Å²) >= 11 is 0. The van der Waals surface area contributed by atoms with Gasteiger partial charge in [-0.25, -0.2) is 9.18 Å². The predicted octanol–water partition coefficient (Wildman–Crippen LogP) is 5.95. The highest BCUT2D eigenvalue weighted by Crippen LogP contribution is 2.43. The van der Waals surface area contributed by atoms with E-state index in [0.29, 0.717) is 34.6 Å². The topological polar surface area (TPSA) is 55.8 Å². The summed E-state index contributed by atoms with van der Waals surface area (Å²) in [4.78, 5) is 10.7. The smallest absolute Gasteiger partial charge is 0.328 e. The zero-order valence-corrected chi connectivity index (χ0v) is 17.2. The highest BCUT2D eigenvalue weighted by atomic mass is 19.1. The zero-order valence-electron chi connectivity index (χ0n) is 17.2. The number of allylic oxidation sites excluding steroid dienone is 6. The van der Waals surface area contributed by atoms with E-state index in [1.807, 2.05) is 39.8 Å².